The highest BCUT2D eigenvalue weighted by Gasteiger charge is 2.32. The molecule has 1 saturated heterocycles. The first-order valence-electron chi connectivity index (χ1n) is 6.39. The van der Waals surface area contributed by atoms with E-state index in [4.69, 9.17) is 28.4 Å². The quantitative estimate of drug-likeness (QED) is 0.474. The van der Waals surface area contributed by atoms with E-state index in [-0.39, 0.29) is 10.9 Å². The summed E-state index contributed by atoms with van der Waals surface area (Å²) in [5, 5.41) is 0.353. The summed E-state index contributed by atoms with van der Waals surface area (Å²) in [4.78, 5) is 13.6. The number of halogens is 1. The fraction of sp³-hybridized carbons (Fsp3) is 0.143. The molecule has 23 heavy (non-hydrogen) atoms. The first-order valence-corrected chi connectivity index (χ1v) is 9.60. The molecule has 2 rings (SSSR count). The Hall–Kier alpha value is -1.19. The molecular weight excluding hydrogens is 378 g/mol. The van der Waals surface area contributed by atoms with Gasteiger partial charge in [0.1, 0.15) is 4.32 Å². The lowest BCUT2D eigenvalue weighted by atomic mass is 10.2. The second-order valence-corrected chi connectivity index (χ2v) is 8.24. The molecule has 0 saturated carbocycles. The average Bonchev–Trinajstić information content (AvgIpc) is 2.71. The highest BCUT2D eigenvalue weighted by molar-refractivity contribution is 8.26. The number of allylic oxidation sites excluding steroid dienone is 2. The number of carbonyl (C=O) groups excluding carboxylic acids is 1. The van der Waals surface area contributed by atoms with Crippen molar-refractivity contribution in [3.8, 4) is 0 Å². The summed E-state index contributed by atoms with van der Waals surface area (Å²) in [6.45, 7) is -0.194. The van der Waals surface area contributed by atoms with Gasteiger partial charge in [0.05, 0.1) is 10.7 Å². The smallest absolute Gasteiger partial charge is 0.266 e. The minimum Gasteiger partial charge on any atom is -0.292 e. The highest BCUT2D eigenvalue weighted by atomic mass is 35.5. The number of rotatable bonds is 5. The molecule has 1 amide bonds. The van der Waals surface area contributed by atoms with Gasteiger partial charge in [0, 0.05) is 11.6 Å². The van der Waals surface area contributed by atoms with Crippen molar-refractivity contribution >= 4 is 62.0 Å². The van der Waals surface area contributed by atoms with Gasteiger partial charge < -0.3 is 0 Å². The molecule has 0 bridgehead atoms. The van der Waals surface area contributed by atoms with Crippen LogP contribution in [0.3, 0.4) is 0 Å². The minimum absolute atomic E-state index is 0.194. The number of benzene rings is 1. The molecule has 1 aromatic carbocycles. The number of hydrogen-bond donors (Lipinski definition) is 1. The third-order valence-electron chi connectivity index (χ3n) is 2.82. The molecule has 0 aliphatic carbocycles. The summed E-state index contributed by atoms with van der Waals surface area (Å²) < 4.78 is 30.6. The second-order valence-electron chi connectivity index (χ2n) is 4.56. The molecule has 0 unspecified atom stereocenters. The van der Waals surface area contributed by atoms with Gasteiger partial charge in [-0.05, 0) is 17.7 Å². The Balaban J connectivity index is 2.13. The van der Waals surface area contributed by atoms with Crippen molar-refractivity contribution in [3.05, 3.63) is 51.9 Å². The van der Waals surface area contributed by atoms with E-state index in [0.717, 1.165) is 22.2 Å². The van der Waals surface area contributed by atoms with Crippen LogP contribution < -0.4 is 0 Å². The molecule has 1 aliphatic heterocycles. The Labute approximate surface area is 148 Å². The Kier molecular flexibility index (Phi) is 5.99. The summed E-state index contributed by atoms with van der Waals surface area (Å²) in [7, 11) is -4.16. The SMILES string of the molecule is O=C1C(=CC(Cl)=Cc2ccccc2)SC(=S)N1CCS(=O)(=O)O. The van der Waals surface area contributed by atoms with Gasteiger partial charge >= 0.3 is 0 Å². The molecule has 1 heterocycles. The van der Waals surface area contributed by atoms with E-state index in [9.17, 15) is 13.2 Å². The molecule has 9 heteroatoms. The molecule has 122 valence electrons. The van der Waals surface area contributed by atoms with E-state index in [2.05, 4.69) is 0 Å². The lowest BCUT2D eigenvalue weighted by Crippen LogP contribution is -2.32. The first kappa shape index (κ1) is 18.2. The van der Waals surface area contributed by atoms with E-state index in [1.807, 2.05) is 30.3 Å². The molecule has 0 atom stereocenters. The zero-order valence-corrected chi connectivity index (χ0v) is 14.9. The normalized spacial score (nSPS) is 18.1. The van der Waals surface area contributed by atoms with Crippen LogP contribution in [0.4, 0.5) is 0 Å². The van der Waals surface area contributed by atoms with Crippen LogP contribution in [0.15, 0.2) is 46.3 Å². The predicted molar refractivity (Wildman–Crippen MR) is 96.7 cm³/mol. The van der Waals surface area contributed by atoms with E-state index in [1.54, 1.807) is 6.08 Å². The van der Waals surface area contributed by atoms with E-state index < -0.39 is 21.8 Å². The van der Waals surface area contributed by atoms with Gasteiger partial charge in [-0.2, -0.15) is 8.42 Å². The lowest BCUT2D eigenvalue weighted by Gasteiger charge is -2.12. The first-order chi connectivity index (χ1) is 10.8. The average molecular weight is 390 g/mol. The van der Waals surface area contributed by atoms with Crippen LogP contribution in [0.25, 0.3) is 6.08 Å². The summed E-state index contributed by atoms with van der Waals surface area (Å²) in [5.74, 6) is -0.997. The zero-order chi connectivity index (χ0) is 17.0. The molecule has 0 spiro atoms. The predicted octanol–water partition coefficient (Wildman–Crippen LogP) is 2.90. The number of hydrogen-bond acceptors (Lipinski definition) is 5. The topological polar surface area (TPSA) is 74.7 Å². The number of thioether (sulfide) groups is 1. The van der Waals surface area contributed by atoms with E-state index in [0.29, 0.717) is 9.94 Å². The summed E-state index contributed by atoms with van der Waals surface area (Å²) in [6.07, 6.45) is 3.19. The Morgan fingerprint density at radius 1 is 1.35 bits per heavy atom. The van der Waals surface area contributed by atoms with Crippen LogP contribution in [0.1, 0.15) is 5.56 Å². The van der Waals surface area contributed by atoms with E-state index >= 15 is 0 Å². The minimum atomic E-state index is -4.16. The van der Waals surface area contributed by atoms with Gasteiger partial charge in [-0.3, -0.25) is 14.2 Å². The Morgan fingerprint density at radius 2 is 2.00 bits per heavy atom. The third kappa shape index (κ3) is 5.43. The van der Waals surface area contributed by atoms with Gasteiger partial charge in [-0.15, -0.1) is 0 Å². The molecular formula is C14H12ClNO4S3. The van der Waals surface area contributed by atoms with E-state index in [1.165, 1.54) is 6.08 Å². The standard InChI is InChI=1S/C14H12ClNO4S3/c15-11(8-10-4-2-1-3-5-10)9-12-13(17)16(14(21)22-12)6-7-23(18,19)20/h1-5,8-9H,6-7H2,(H,18,19,20). The van der Waals surface area contributed by atoms with Crippen molar-refractivity contribution < 1.29 is 17.8 Å². The van der Waals surface area contributed by atoms with Gasteiger partial charge in [0.15, 0.2) is 0 Å². The van der Waals surface area contributed by atoms with Gasteiger partial charge in [-0.25, -0.2) is 0 Å². The lowest BCUT2D eigenvalue weighted by molar-refractivity contribution is -0.122. The Bertz CT molecular complexity index is 788. The van der Waals surface area contributed by atoms with Crippen LogP contribution >= 0.6 is 35.6 Å². The fourth-order valence-electron chi connectivity index (χ4n) is 1.77. The van der Waals surface area contributed by atoms with Gasteiger partial charge in [0.2, 0.25) is 0 Å². The number of nitrogens with zero attached hydrogens (tertiary/aromatic N) is 1. The number of amides is 1. The van der Waals surface area contributed by atoms with Crippen molar-refractivity contribution in [3.63, 3.8) is 0 Å². The van der Waals surface area contributed by atoms with Crippen LogP contribution in [-0.4, -0.2) is 40.4 Å². The van der Waals surface area contributed by atoms with Gasteiger partial charge in [-0.1, -0.05) is 65.9 Å². The summed E-state index contributed by atoms with van der Waals surface area (Å²) in [5.41, 5.74) is 0.885. The zero-order valence-electron chi connectivity index (χ0n) is 11.7. The maximum Gasteiger partial charge on any atom is 0.266 e. The molecule has 1 fully saturated rings. The summed E-state index contributed by atoms with van der Waals surface area (Å²) >= 11 is 12.2. The molecule has 1 aromatic rings. The third-order valence-corrected chi connectivity index (χ3v) is 5.11. The maximum absolute atomic E-state index is 12.2. The molecule has 5 nitrogen and oxygen atoms in total. The highest BCUT2D eigenvalue weighted by Crippen LogP contribution is 2.32. The largest absolute Gasteiger partial charge is 0.292 e. The Morgan fingerprint density at radius 3 is 2.61 bits per heavy atom. The molecule has 0 radical (unpaired) electrons. The maximum atomic E-state index is 12.2. The van der Waals surface area contributed by atoms with Crippen molar-refractivity contribution in [2.45, 2.75) is 0 Å². The van der Waals surface area contributed by atoms with Crippen molar-refractivity contribution in [1.82, 2.24) is 4.90 Å². The summed E-state index contributed by atoms with van der Waals surface area (Å²) in [6, 6.07) is 9.35. The fourth-order valence-corrected chi connectivity index (χ4v) is 3.79. The number of carbonyl (C=O) groups is 1. The molecule has 1 N–H and O–H groups in total. The second kappa shape index (κ2) is 7.59. The monoisotopic (exact) mass is 389 g/mol. The van der Waals surface area contributed by atoms with Crippen molar-refractivity contribution in [2.75, 3.05) is 12.3 Å². The van der Waals surface area contributed by atoms with Gasteiger partial charge in [0.25, 0.3) is 16.0 Å². The van der Waals surface area contributed by atoms with Crippen LogP contribution in [0.5, 0.6) is 0 Å². The van der Waals surface area contributed by atoms with Crippen LogP contribution in [0, 0.1) is 0 Å². The van der Waals surface area contributed by atoms with Crippen molar-refractivity contribution in [1.29, 1.82) is 0 Å². The molecule has 1 aliphatic rings. The van der Waals surface area contributed by atoms with Crippen molar-refractivity contribution in [2.24, 2.45) is 0 Å². The molecule has 0 aromatic heterocycles. The number of thiocarbonyl (C=S) groups is 1. The van der Waals surface area contributed by atoms with Crippen LogP contribution in [-0.2, 0) is 14.9 Å². The van der Waals surface area contributed by atoms with Crippen LogP contribution in [0.2, 0.25) is 0 Å².